The van der Waals surface area contributed by atoms with Gasteiger partial charge in [-0.25, -0.2) is 0 Å². The highest BCUT2D eigenvalue weighted by Gasteiger charge is 1.94. The van der Waals surface area contributed by atoms with E-state index in [1.54, 1.807) is 16.9 Å². The Labute approximate surface area is 64.7 Å². The molecule has 0 atom stereocenters. The van der Waals surface area contributed by atoms with E-state index in [0.29, 0.717) is 18.7 Å². The average molecular weight is 151 g/mol. The first kappa shape index (κ1) is 7.76. The summed E-state index contributed by atoms with van der Waals surface area (Å²) < 4.78 is 1.65. The molecule has 0 bridgehead atoms. The zero-order valence-electron chi connectivity index (χ0n) is 6.06. The van der Waals surface area contributed by atoms with Gasteiger partial charge in [-0.05, 0) is 12.5 Å². The lowest BCUT2D eigenvalue weighted by atomic mass is 10.4. The lowest BCUT2D eigenvalue weighted by Crippen LogP contribution is -2.00. The zero-order chi connectivity index (χ0) is 8.10. The van der Waals surface area contributed by atoms with Crippen LogP contribution in [0.2, 0.25) is 0 Å². The van der Waals surface area contributed by atoms with E-state index in [0.717, 1.165) is 0 Å². The Morgan fingerprint density at radius 1 is 1.73 bits per heavy atom. The van der Waals surface area contributed by atoms with Crippen LogP contribution in [-0.4, -0.2) is 21.5 Å². The Balaban J connectivity index is 2.53. The molecule has 0 spiro atoms. The maximum atomic E-state index is 8.49. The Morgan fingerprint density at radius 3 is 3.09 bits per heavy atom. The van der Waals surface area contributed by atoms with Crippen molar-refractivity contribution in [3.8, 4) is 6.07 Å². The van der Waals surface area contributed by atoms with Crippen LogP contribution in [0.15, 0.2) is 12.3 Å². The zero-order valence-corrected chi connectivity index (χ0v) is 6.06. The molecule has 0 aromatic carbocycles. The number of aliphatic hydroxyl groups excluding tert-OH is 1. The highest BCUT2D eigenvalue weighted by molar-refractivity contribution is 5.16. The maximum absolute atomic E-state index is 8.49. The van der Waals surface area contributed by atoms with Crippen molar-refractivity contribution in [2.45, 2.75) is 13.0 Å². The molecule has 1 aromatic rings. The number of hydrogen-bond donors (Lipinski definition) is 1. The first-order chi connectivity index (χ1) is 5.36. The fourth-order valence-electron chi connectivity index (χ4n) is 0.779. The van der Waals surface area contributed by atoms with Crippen LogP contribution in [0.4, 0.5) is 0 Å². The van der Waals surface area contributed by atoms with Crippen molar-refractivity contribution in [1.82, 2.24) is 9.78 Å². The molecular formula is C7H9N3O. The molecular weight excluding hydrogens is 142 g/mol. The average Bonchev–Trinajstić information content (AvgIpc) is 2.48. The molecule has 0 unspecified atom stereocenters. The van der Waals surface area contributed by atoms with Crippen molar-refractivity contribution in [3.63, 3.8) is 0 Å². The second-order valence-electron chi connectivity index (χ2n) is 2.15. The molecule has 0 amide bonds. The van der Waals surface area contributed by atoms with E-state index in [9.17, 15) is 0 Å². The minimum Gasteiger partial charge on any atom is -0.396 e. The topological polar surface area (TPSA) is 61.8 Å². The lowest BCUT2D eigenvalue weighted by Gasteiger charge is -1.95. The normalized spacial score (nSPS) is 9.45. The molecule has 1 heterocycles. The summed E-state index contributed by atoms with van der Waals surface area (Å²) in [5.74, 6) is 0. The van der Waals surface area contributed by atoms with Gasteiger partial charge in [0.1, 0.15) is 6.07 Å². The van der Waals surface area contributed by atoms with Gasteiger partial charge in [0, 0.05) is 19.3 Å². The Bertz CT molecular complexity index is 261. The molecule has 0 aliphatic carbocycles. The standard InChI is InChI=1S/C7H9N3O/c8-6-7-2-4-10(9-7)3-1-5-11/h2,4,11H,1,3,5H2. The quantitative estimate of drug-likeness (QED) is 0.668. The van der Waals surface area contributed by atoms with Crippen LogP contribution in [0.1, 0.15) is 12.1 Å². The predicted molar refractivity (Wildman–Crippen MR) is 38.6 cm³/mol. The second-order valence-corrected chi connectivity index (χ2v) is 2.15. The summed E-state index contributed by atoms with van der Waals surface area (Å²) in [5.41, 5.74) is 0.419. The lowest BCUT2D eigenvalue weighted by molar-refractivity contribution is 0.277. The van der Waals surface area contributed by atoms with E-state index >= 15 is 0 Å². The minimum absolute atomic E-state index is 0.155. The number of hydrogen-bond acceptors (Lipinski definition) is 3. The summed E-state index contributed by atoms with van der Waals surface area (Å²) in [6, 6.07) is 3.58. The molecule has 0 aliphatic heterocycles. The number of aryl methyl sites for hydroxylation is 1. The molecule has 0 fully saturated rings. The molecule has 0 saturated carbocycles. The van der Waals surface area contributed by atoms with Crippen LogP contribution < -0.4 is 0 Å². The summed E-state index contributed by atoms with van der Waals surface area (Å²) in [6.07, 6.45) is 2.40. The smallest absolute Gasteiger partial charge is 0.162 e. The summed E-state index contributed by atoms with van der Waals surface area (Å²) in [6.45, 7) is 0.819. The molecule has 0 radical (unpaired) electrons. The first-order valence-corrected chi connectivity index (χ1v) is 3.41. The van der Waals surface area contributed by atoms with Gasteiger partial charge in [-0.2, -0.15) is 10.4 Å². The predicted octanol–water partition coefficient (Wildman–Crippen LogP) is 0.137. The van der Waals surface area contributed by atoms with Crippen molar-refractivity contribution >= 4 is 0 Å². The third-order valence-corrected chi connectivity index (χ3v) is 1.30. The minimum atomic E-state index is 0.155. The van der Waals surface area contributed by atoms with Gasteiger partial charge in [0.25, 0.3) is 0 Å². The van der Waals surface area contributed by atoms with Gasteiger partial charge in [-0.3, -0.25) is 4.68 Å². The summed E-state index contributed by atoms with van der Waals surface area (Å²) >= 11 is 0. The van der Waals surface area contributed by atoms with Crippen molar-refractivity contribution in [2.75, 3.05) is 6.61 Å². The number of rotatable bonds is 3. The molecule has 1 N–H and O–H groups in total. The molecule has 0 aliphatic rings. The Hall–Kier alpha value is -1.34. The fraction of sp³-hybridized carbons (Fsp3) is 0.429. The van der Waals surface area contributed by atoms with E-state index in [2.05, 4.69) is 5.10 Å². The summed E-state index contributed by atoms with van der Waals surface area (Å²) in [5, 5.41) is 20.8. The van der Waals surface area contributed by atoms with Crippen LogP contribution in [-0.2, 0) is 6.54 Å². The van der Waals surface area contributed by atoms with Gasteiger partial charge in [0.2, 0.25) is 0 Å². The van der Waals surface area contributed by atoms with E-state index in [4.69, 9.17) is 10.4 Å². The Kier molecular flexibility index (Phi) is 2.64. The van der Waals surface area contributed by atoms with Gasteiger partial charge < -0.3 is 5.11 Å². The van der Waals surface area contributed by atoms with E-state index in [-0.39, 0.29) is 6.61 Å². The van der Waals surface area contributed by atoms with Gasteiger partial charge in [0.05, 0.1) is 0 Å². The Morgan fingerprint density at radius 2 is 2.55 bits per heavy atom. The number of aromatic nitrogens is 2. The second kappa shape index (κ2) is 3.74. The third kappa shape index (κ3) is 2.06. The van der Waals surface area contributed by atoms with Gasteiger partial charge >= 0.3 is 0 Å². The molecule has 4 heteroatoms. The van der Waals surface area contributed by atoms with Crippen molar-refractivity contribution < 1.29 is 5.11 Å². The van der Waals surface area contributed by atoms with E-state index < -0.39 is 0 Å². The van der Waals surface area contributed by atoms with Gasteiger partial charge in [-0.15, -0.1) is 0 Å². The summed E-state index contributed by atoms with van der Waals surface area (Å²) in [4.78, 5) is 0. The number of aliphatic hydroxyl groups is 1. The van der Waals surface area contributed by atoms with Crippen LogP contribution >= 0.6 is 0 Å². The number of nitriles is 1. The van der Waals surface area contributed by atoms with Crippen LogP contribution in [0, 0.1) is 11.3 Å². The largest absolute Gasteiger partial charge is 0.396 e. The molecule has 58 valence electrons. The SMILES string of the molecule is N#Cc1ccn(CCCO)n1. The van der Waals surface area contributed by atoms with Crippen molar-refractivity contribution in [3.05, 3.63) is 18.0 Å². The molecule has 1 rings (SSSR count). The maximum Gasteiger partial charge on any atom is 0.162 e. The van der Waals surface area contributed by atoms with Crippen LogP contribution in [0.5, 0.6) is 0 Å². The van der Waals surface area contributed by atoms with Crippen LogP contribution in [0.25, 0.3) is 0 Å². The van der Waals surface area contributed by atoms with E-state index in [1.807, 2.05) is 6.07 Å². The van der Waals surface area contributed by atoms with Gasteiger partial charge in [-0.1, -0.05) is 0 Å². The molecule has 0 saturated heterocycles. The molecule has 1 aromatic heterocycles. The monoisotopic (exact) mass is 151 g/mol. The highest BCUT2D eigenvalue weighted by Crippen LogP contribution is 1.93. The first-order valence-electron chi connectivity index (χ1n) is 3.41. The van der Waals surface area contributed by atoms with Crippen LogP contribution in [0.3, 0.4) is 0 Å². The number of nitrogens with zero attached hydrogens (tertiary/aromatic N) is 3. The fourth-order valence-corrected chi connectivity index (χ4v) is 0.779. The van der Waals surface area contributed by atoms with E-state index in [1.165, 1.54) is 0 Å². The van der Waals surface area contributed by atoms with Gasteiger partial charge in [0.15, 0.2) is 5.69 Å². The molecule has 4 nitrogen and oxygen atoms in total. The molecule has 11 heavy (non-hydrogen) atoms. The summed E-state index contributed by atoms with van der Waals surface area (Å²) in [7, 11) is 0. The van der Waals surface area contributed by atoms with Crippen molar-refractivity contribution in [1.29, 1.82) is 5.26 Å². The van der Waals surface area contributed by atoms with Crippen molar-refractivity contribution in [2.24, 2.45) is 0 Å². The third-order valence-electron chi connectivity index (χ3n) is 1.30. The highest BCUT2D eigenvalue weighted by atomic mass is 16.3.